The van der Waals surface area contributed by atoms with E-state index in [0.29, 0.717) is 23.5 Å². The summed E-state index contributed by atoms with van der Waals surface area (Å²) in [7, 11) is 0. The molecule has 142 valence electrons. The maximum atomic E-state index is 12.2. The van der Waals surface area contributed by atoms with Crippen molar-refractivity contribution in [2.24, 2.45) is 0 Å². The van der Waals surface area contributed by atoms with E-state index in [1.54, 1.807) is 60.8 Å². The van der Waals surface area contributed by atoms with E-state index >= 15 is 0 Å². The fourth-order valence-corrected chi connectivity index (χ4v) is 3.21. The van der Waals surface area contributed by atoms with Crippen LogP contribution in [-0.2, 0) is 17.1 Å². The molecule has 3 rings (SSSR count). The minimum atomic E-state index is -0.186. The Bertz CT molecular complexity index is 903. The third-order valence-electron chi connectivity index (χ3n) is 3.87. The van der Waals surface area contributed by atoms with E-state index in [-0.39, 0.29) is 11.8 Å². The van der Waals surface area contributed by atoms with E-state index in [1.807, 2.05) is 24.3 Å². The quantitative estimate of drug-likeness (QED) is 0.615. The van der Waals surface area contributed by atoms with Crippen LogP contribution in [0.15, 0.2) is 73.3 Å². The highest BCUT2D eigenvalue weighted by Crippen LogP contribution is 2.11. The first kappa shape index (κ1) is 19.6. The molecule has 2 aromatic heterocycles. The molecule has 0 spiro atoms. The van der Waals surface area contributed by atoms with Crippen LogP contribution < -0.4 is 10.6 Å². The number of hydrogen-bond acceptors (Lipinski definition) is 5. The average Bonchev–Trinajstić information content (AvgIpc) is 2.74. The molecule has 28 heavy (non-hydrogen) atoms. The summed E-state index contributed by atoms with van der Waals surface area (Å²) in [6, 6.07) is 14.5. The summed E-state index contributed by atoms with van der Waals surface area (Å²) < 4.78 is 0. The van der Waals surface area contributed by atoms with Crippen molar-refractivity contribution in [3.8, 4) is 0 Å². The Kier molecular flexibility index (Phi) is 7.14. The SMILES string of the molecule is O=C(CSCc1cccnc1)NCc1ccc(C(=O)Nc2ccncc2)cc1. The number of pyridine rings is 2. The molecule has 2 amide bonds. The predicted octanol–water partition coefficient (Wildman–Crippen LogP) is 3.28. The first-order valence-corrected chi connectivity index (χ1v) is 9.90. The van der Waals surface area contributed by atoms with Gasteiger partial charge >= 0.3 is 0 Å². The molecule has 0 atom stereocenters. The van der Waals surface area contributed by atoms with Crippen LogP contribution in [0.2, 0.25) is 0 Å². The zero-order valence-electron chi connectivity index (χ0n) is 15.2. The highest BCUT2D eigenvalue weighted by molar-refractivity contribution is 7.99. The van der Waals surface area contributed by atoms with Gasteiger partial charge in [0.05, 0.1) is 5.75 Å². The number of thioether (sulfide) groups is 1. The van der Waals surface area contributed by atoms with Crippen molar-refractivity contribution in [3.63, 3.8) is 0 Å². The molecule has 7 heteroatoms. The first-order valence-electron chi connectivity index (χ1n) is 8.74. The molecule has 0 aliphatic rings. The number of carbonyl (C=O) groups is 2. The van der Waals surface area contributed by atoms with E-state index in [9.17, 15) is 9.59 Å². The van der Waals surface area contributed by atoms with Gasteiger partial charge in [-0.1, -0.05) is 18.2 Å². The standard InChI is InChI=1S/C21H20N4O2S/c26-20(15-28-14-17-2-1-9-23-12-17)24-13-16-3-5-18(6-4-16)21(27)25-19-7-10-22-11-8-19/h1-12H,13-15H2,(H,24,26)(H,22,25,27). The molecule has 3 aromatic rings. The highest BCUT2D eigenvalue weighted by atomic mass is 32.2. The third kappa shape index (κ3) is 6.21. The normalized spacial score (nSPS) is 10.3. The van der Waals surface area contributed by atoms with Crippen LogP contribution in [0.3, 0.4) is 0 Å². The molecular formula is C21H20N4O2S. The number of rotatable bonds is 8. The molecule has 0 saturated carbocycles. The zero-order valence-corrected chi connectivity index (χ0v) is 16.0. The van der Waals surface area contributed by atoms with Gasteiger partial charge in [0.2, 0.25) is 5.91 Å². The molecule has 0 bridgehead atoms. The fourth-order valence-electron chi connectivity index (χ4n) is 2.41. The number of anilines is 1. The van der Waals surface area contributed by atoms with E-state index in [4.69, 9.17) is 0 Å². The molecule has 0 aliphatic heterocycles. The van der Waals surface area contributed by atoms with Crippen molar-refractivity contribution in [1.82, 2.24) is 15.3 Å². The van der Waals surface area contributed by atoms with Crippen LogP contribution in [-0.4, -0.2) is 27.5 Å². The van der Waals surface area contributed by atoms with Crippen LogP contribution in [0.4, 0.5) is 5.69 Å². The largest absolute Gasteiger partial charge is 0.351 e. The Morgan fingerprint density at radius 3 is 2.39 bits per heavy atom. The minimum absolute atomic E-state index is 0.0200. The number of nitrogens with zero attached hydrogens (tertiary/aromatic N) is 2. The third-order valence-corrected chi connectivity index (χ3v) is 4.87. The smallest absolute Gasteiger partial charge is 0.255 e. The van der Waals surface area contributed by atoms with Gasteiger partial charge in [-0.05, 0) is 41.5 Å². The maximum Gasteiger partial charge on any atom is 0.255 e. The Labute approximate surface area is 167 Å². The topological polar surface area (TPSA) is 84.0 Å². The minimum Gasteiger partial charge on any atom is -0.351 e. The van der Waals surface area contributed by atoms with Gasteiger partial charge in [0.1, 0.15) is 0 Å². The van der Waals surface area contributed by atoms with E-state index in [2.05, 4.69) is 20.6 Å². The van der Waals surface area contributed by atoms with Crippen LogP contribution in [0.25, 0.3) is 0 Å². The Balaban J connectivity index is 1.41. The van der Waals surface area contributed by atoms with Crippen molar-refractivity contribution in [2.75, 3.05) is 11.1 Å². The summed E-state index contributed by atoms with van der Waals surface area (Å²) in [6.45, 7) is 0.429. The number of nitrogens with one attached hydrogen (secondary N) is 2. The maximum absolute atomic E-state index is 12.2. The van der Waals surface area contributed by atoms with Crippen LogP contribution >= 0.6 is 11.8 Å². The molecule has 2 heterocycles. The predicted molar refractivity (Wildman–Crippen MR) is 111 cm³/mol. The summed E-state index contributed by atoms with van der Waals surface area (Å²) in [5.74, 6) is 0.936. The Hall–Kier alpha value is -3.19. The second-order valence-corrected chi connectivity index (χ2v) is 7.00. The molecular weight excluding hydrogens is 372 g/mol. The molecule has 0 aliphatic carbocycles. The van der Waals surface area contributed by atoms with E-state index in [0.717, 1.165) is 16.9 Å². The summed E-state index contributed by atoms with van der Waals surface area (Å²) in [6.07, 6.45) is 6.78. The van der Waals surface area contributed by atoms with Gasteiger partial charge in [0.15, 0.2) is 0 Å². The van der Waals surface area contributed by atoms with Crippen molar-refractivity contribution in [1.29, 1.82) is 0 Å². The lowest BCUT2D eigenvalue weighted by molar-refractivity contribution is -0.118. The molecule has 0 fully saturated rings. The lowest BCUT2D eigenvalue weighted by atomic mass is 10.1. The van der Waals surface area contributed by atoms with Crippen molar-refractivity contribution in [2.45, 2.75) is 12.3 Å². The monoisotopic (exact) mass is 392 g/mol. The van der Waals surface area contributed by atoms with Gasteiger partial charge in [-0.2, -0.15) is 0 Å². The fraction of sp³-hybridized carbons (Fsp3) is 0.143. The summed E-state index contributed by atoms with van der Waals surface area (Å²) in [5.41, 5.74) is 3.28. The highest BCUT2D eigenvalue weighted by Gasteiger charge is 2.07. The second-order valence-electron chi connectivity index (χ2n) is 6.02. The average molecular weight is 392 g/mol. The molecule has 2 N–H and O–H groups in total. The van der Waals surface area contributed by atoms with Gasteiger partial charge < -0.3 is 10.6 Å². The molecule has 1 aromatic carbocycles. The van der Waals surface area contributed by atoms with Crippen LogP contribution in [0.5, 0.6) is 0 Å². The number of benzene rings is 1. The number of aromatic nitrogens is 2. The lowest BCUT2D eigenvalue weighted by Crippen LogP contribution is -2.24. The summed E-state index contributed by atoms with van der Waals surface area (Å²) >= 11 is 1.55. The Morgan fingerprint density at radius 2 is 1.68 bits per heavy atom. The molecule has 0 unspecified atom stereocenters. The molecule has 6 nitrogen and oxygen atoms in total. The number of amides is 2. The molecule has 0 radical (unpaired) electrons. The van der Waals surface area contributed by atoms with Gasteiger partial charge in [0.25, 0.3) is 5.91 Å². The molecule has 0 saturated heterocycles. The van der Waals surface area contributed by atoms with Gasteiger partial charge in [-0.3, -0.25) is 19.6 Å². The van der Waals surface area contributed by atoms with Gasteiger partial charge in [-0.15, -0.1) is 11.8 Å². The van der Waals surface area contributed by atoms with E-state index < -0.39 is 0 Å². The number of carbonyl (C=O) groups excluding carboxylic acids is 2. The zero-order chi connectivity index (χ0) is 19.6. The van der Waals surface area contributed by atoms with Crippen molar-refractivity contribution in [3.05, 3.63) is 90.0 Å². The van der Waals surface area contributed by atoms with Crippen molar-refractivity contribution < 1.29 is 9.59 Å². The van der Waals surface area contributed by atoms with Gasteiger partial charge in [0, 0.05) is 48.3 Å². The van der Waals surface area contributed by atoms with Crippen molar-refractivity contribution >= 4 is 29.3 Å². The second kappa shape index (κ2) is 10.2. The summed E-state index contributed by atoms with van der Waals surface area (Å²) in [5, 5.41) is 5.70. The van der Waals surface area contributed by atoms with Crippen LogP contribution in [0.1, 0.15) is 21.5 Å². The van der Waals surface area contributed by atoms with Gasteiger partial charge in [-0.25, -0.2) is 0 Å². The Morgan fingerprint density at radius 1 is 0.893 bits per heavy atom. The first-order chi connectivity index (χ1) is 13.7. The number of hydrogen-bond donors (Lipinski definition) is 2. The van der Waals surface area contributed by atoms with E-state index in [1.165, 1.54) is 0 Å². The lowest BCUT2D eigenvalue weighted by Gasteiger charge is -2.07. The summed E-state index contributed by atoms with van der Waals surface area (Å²) in [4.78, 5) is 32.2. The van der Waals surface area contributed by atoms with Crippen LogP contribution in [0, 0.1) is 0 Å².